The van der Waals surface area contributed by atoms with Gasteiger partial charge >= 0.3 is 0 Å². The summed E-state index contributed by atoms with van der Waals surface area (Å²) in [6, 6.07) is 9.72. The van der Waals surface area contributed by atoms with Gasteiger partial charge in [-0.3, -0.25) is 9.59 Å². The molecule has 1 aliphatic heterocycles. The molecule has 0 spiro atoms. The zero-order chi connectivity index (χ0) is 20.5. The van der Waals surface area contributed by atoms with Crippen LogP contribution in [0.4, 0.5) is 11.4 Å². The van der Waals surface area contributed by atoms with Crippen LogP contribution >= 0.6 is 23.4 Å². The molecule has 9 heteroatoms. The second-order valence-electron chi connectivity index (χ2n) is 6.49. The first-order valence-electron chi connectivity index (χ1n) is 8.56. The van der Waals surface area contributed by atoms with E-state index in [2.05, 4.69) is 10.6 Å². The SMILES string of the molecule is Cc1ccc(NC(=O)CCS(=O)(=O)c2ccc3c(c2)NC(=O)[C@H](C)S3)cc1Cl. The van der Waals surface area contributed by atoms with E-state index >= 15 is 0 Å². The fourth-order valence-electron chi connectivity index (χ4n) is 2.62. The van der Waals surface area contributed by atoms with Gasteiger partial charge < -0.3 is 10.6 Å². The third-order valence-corrected chi connectivity index (χ3v) is 7.59. The highest BCUT2D eigenvalue weighted by Crippen LogP contribution is 2.36. The number of fused-ring (bicyclic) bond motifs is 1. The zero-order valence-electron chi connectivity index (χ0n) is 15.3. The Morgan fingerprint density at radius 1 is 1.25 bits per heavy atom. The molecule has 0 saturated carbocycles. The van der Waals surface area contributed by atoms with Gasteiger partial charge in [0.2, 0.25) is 11.8 Å². The van der Waals surface area contributed by atoms with E-state index in [9.17, 15) is 18.0 Å². The Hall–Kier alpha value is -2.03. The van der Waals surface area contributed by atoms with Crippen molar-refractivity contribution in [2.24, 2.45) is 0 Å². The van der Waals surface area contributed by atoms with E-state index in [1.54, 1.807) is 31.2 Å². The molecule has 2 aromatic rings. The number of sulfone groups is 1. The van der Waals surface area contributed by atoms with Crippen molar-refractivity contribution < 1.29 is 18.0 Å². The van der Waals surface area contributed by atoms with Gasteiger partial charge in [0, 0.05) is 22.0 Å². The summed E-state index contributed by atoms with van der Waals surface area (Å²) in [5.41, 5.74) is 1.88. The number of rotatable bonds is 5. The fourth-order valence-corrected chi connectivity index (χ4v) is 4.99. The third-order valence-electron chi connectivity index (χ3n) is 4.29. The number of carbonyl (C=O) groups excluding carboxylic acids is 2. The normalized spacial score (nSPS) is 16.2. The summed E-state index contributed by atoms with van der Waals surface area (Å²) in [6.45, 7) is 3.63. The number of hydrogen-bond acceptors (Lipinski definition) is 5. The van der Waals surface area contributed by atoms with Crippen molar-refractivity contribution in [2.45, 2.75) is 35.3 Å². The van der Waals surface area contributed by atoms with E-state index < -0.39 is 15.7 Å². The molecule has 3 rings (SSSR count). The highest BCUT2D eigenvalue weighted by Gasteiger charge is 2.25. The molecule has 0 aliphatic carbocycles. The second kappa shape index (κ2) is 8.14. The Morgan fingerprint density at radius 3 is 2.71 bits per heavy atom. The van der Waals surface area contributed by atoms with Crippen LogP contribution in [0.2, 0.25) is 5.02 Å². The van der Waals surface area contributed by atoms with Crippen molar-refractivity contribution >= 4 is 56.4 Å². The average Bonchev–Trinajstić information content (AvgIpc) is 2.64. The Morgan fingerprint density at radius 2 is 2.00 bits per heavy atom. The van der Waals surface area contributed by atoms with Crippen LogP contribution in [-0.2, 0) is 19.4 Å². The number of hydrogen-bond donors (Lipinski definition) is 2. The molecular weight excluding hydrogens is 420 g/mol. The number of thioether (sulfide) groups is 1. The van der Waals surface area contributed by atoms with Crippen molar-refractivity contribution in [3.8, 4) is 0 Å². The lowest BCUT2D eigenvalue weighted by Crippen LogP contribution is -2.26. The third kappa shape index (κ3) is 4.68. The maximum Gasteiger partial charge on any atom is 0.237 e. The summed E-state index contributed by atoms with van der Waals surface area (Å²) < 4.78 is 25.2. The number of carbonyl (C=O) groups is 2. The molecule has 28 heavy (non-hydrogen) atoms. The summed E-state index contributed by atoms with van der Waals surface area (Å²) in [6.07, 6.45) is -0.191. The molecule has 0 unspecified atom stereocenters. The smallest absolute Gasteiger partial charge is 0.237 e. The van der Waals surface area contributed by atoms with E-state index in [0.29, 0.717) is 16.4 Å². The molecule has 148 valence electrons. The molecule has 0 bridgehead atoms. The van der Waals surface area contributed by atoms with Crippen molar-refractivity contribution in [3.63, 3.8) is 0 Å². The van der Waals surface area contributed by atoms with E-state index in [1.165, 1.54) is 23.9 Å². The van der Waals surface area contributed by atoms with Gasteiger partial charge in [-0.25, -0.2) is 8.42 Å². The van der Waals surface area contributed by atoms with E-state index in [0.717, 1.165) is 10.5 Å². The number of aryl methyl sites for hydroxylation is 1. The molecule has 6 nitrogen and oxygen atoms in total. The Kier molecular flexibility index (Phi) is 6.02. The van der Waals surface area contributed by atoms with Crippen molar-refractivity contribution in [1.82, 2.24) is 0 Å². The lowest BCUT2D eigenvalue weighted by atomic mass is 10.2. The van der Waals surface area contributed by atoms with Crippen LogP contribution < -0.4 is 10.6 Å². The first-order chi connectivity index (χ1) is 13.2. The molecule has 0 fully saturated rings. The molecule has 1 aliphatic rings. The van der Waals surface area contributed by atoms with E-state index in [-0.39, 0.29) is 28.2 Å². The van der Waals surface area contributed by atoms with Gasteiger partial charge in [-0.1, -0.05) is 17.7 Å². The second-order valence-corrected chi connectivity index (χ2v) is 10.4. The lowest BCUT2D eigenvalue weighted by Gasteiger charge is -2.21. The Balaban J connectivity index is 1.67. The molecule has 2 amide bonds. The Labute approximate surface area is 173 Å². The molecule has 1 heterocycles. The number of anilines is 2. The standard InChI is InChI=1S/C19H19ClN2O4S2/c1-11-3-4-13(9-15(11)20)21-18(23)7-8-28(25,26)14-5-6-17-16(10-14)22-19(24)12(2)27-17/h3-6,9-10,12H,7-8H2,1-2H3,(H,21,23)(H,22,24)/t12-/m0/s1. The van der Waals surface area contributed by atoms with Crippen LogP contribution in [0.3, 0.4) is 0 Å². The van der Waals surface area contributed by atoms with Gasteiger partial charge in [0.15, 0.2) is 9.84 Å². The van der Waals surface area contributed by atoms with Gasteiger partial charge in [-0.2, -0.15) is 0 Å². The summed E-state index contributed by atoms with van der Waals surface area (Å²) in [7, 11) is -3.67. The van der Waals surface area contributed by atoms with Crippen molar-refractivity contribution in [3.05, 3.63) is 47.0 Å². The lowest BCUT2D eigenvalue weighted by molar-refractivity contribution is -0.116. The molecule has 1 atom stereocenters. The van der Waals surface area contributed by atoms with Gasteiger partial charge in [0.25, 0.3) is 0 Å². The van der Waals surface area contributed by atoms with Gasteiger partial charge in [-0.05, 0) is 49.7 Å². The largest absolute Gasteiger partial charge is 0.326 e. The van der Waals surface area contributed by atoms with Crippen molar-refractivity contribution in [2.75, 3.05) is 16.4 Å². The van der Waals surface area contributed by atoms with E-state index in [1.807, 2.05) is 6.92 Å². The zero-order valence-corrected chi connectivity index (χ0v) is 17.7. The fraction of sp³-hybridized carbons (Fsp3) is 0.263. The average molecular weight is 439 g/mol. The summed E-state index contributed by atoms with van der Waals surface area (Å²) in [4.78, 5) is 24.8. The molecule has 2 aromatic carbocycles. The van der Waals surface area contributed by atoms with Crippen LogP contribution in [-0.4, -0.2) is 31.2 Å². The number of amides is 2. The number of nitrogens with one attached hydrogen (secondary N) is 2. The summed E-state index contributed by atoms with van der Waals surface area (Å²) in [5, 5.41) is 5.65. The minimum atomic E-state index is -3.67. The van der Waals surface area contributed by atoms with Gasteiger partial charge in [0.1, 0.15) is 0 Å². The Bertz CT molecular complexity index is 1050. The van der Waals surface area contributed by atoms with Crippen LogP contribution in [0.25, 0.3) is 0 Å². The quantitative estimate of drug-likeness (QED) is 0.738. The summed E-state index contributed by atoms with van der Waals surface area (Å²) >= 11 is 7.40. The van der Waals surface area contributed by atoms with Crippen LogP contribution in [0.1, 0.15) is 18.9 Å². The van der Waals surface area contributed by atoms with Crippen LogP contribution in [0, 0.1) is 6.92 Å². The minimum absolute atomic E-state index is 0.0767. The van der Waals surface area contributed by atoms with Crippen molar-refractivity contribution in [1.29, 1.82) is 0 Å². The molecule has 0 aromatic heterocycles. The van der Waals surface area contributed by atoms with Gasteiger partial charge in [0.05, 0.1) is 21.6 Å². The first kappa shape index (κ1) is 20.7. The maximum absolute atomic E-state index is 12.6. The highest BCUT2D eigenvalue weighted by molar-refractivity contribution is 8.01. The van der Waals surface area contributed by atoms with Crippen LogP contribution in [0.15, 0.2) is 46.2 Å². The summed E-state index contributed by atoms with van der Waals surface area (Å²) in [5.74, 6) is -0.920. The minimum Gasteiger partial charge on any atom is -0.326 e. The molecule has 2 N–H and O–H groups in total. The molecule has 0 saturated heterocycles. The highest BCUT2D eigenvalue weighted by atomic mass is 35.5. The number of halogens is 1. The number of benzene rings is 2. The predicted molar refractivity (Wildman–Crippen MR) is 112 cm³/mol. The predicted octanol–water partition coefficient (Wildman–Crippen LogP) is 3.88. The molecule has 0 radical (unpaired) electrons. The first-order valence-corrected chi connectivity index (χ1v) is 11.5. The van der Waals surface area contributed by atoms with Gasteiger partial charge in [-0.15, -0.1) is 11.8 Å². The van der Waals surface area contributed by atoms with Crippen LogP contribution in [0.5, 0.6) is 0 Å². The maximum atomic E-state index is 12.6. The van der Waals surface area contributed by atoms with E-state index in [4.69, 9.17) is 11.6 Å². The monoisotopic (exact) mass is 438 g/mol. The topological polar surface area (TPSA) is 92.3 Å². The molecular formula is C19H19ClN2O4S2.